The Morgan fingerprint density at radius 3 is 2.55 bits per heavy atom. The van der Waals surface area contributed by atoms with Crippen molar-refractivity contribution in [2.75, 3.05) is 13.2 Å². The molecule has 4 aromatic rings. The number of thioether (sulfide) groups is 1. The second kappa shape index (κ2) is 9.18. The van der Waals surface area contributed by atoms with E-state index in [1.807, 2.05) is 85.1 Å². The highest BCUT2D eigenvalue weighted by atomic mass is 32.2. The summed E-state index contributed by atoms with van der Waals surface area (Å²) in [6.07, 6.45) is 0. The molecule has 3 aromatic carbocycles. The Balaban J connectivity index is 1.72. The number of nitrogens with zero attached hydrogens (tertiary/aromatic N) is 4. The van der Waals surface area contributed by atoms with Gasteiger partial charge in [-0.15, -0.1) is 10.2 Å². The number of aromatic nitrogens is 3. The molecule has 4 rings (SSSR count). The van der Waals surface area contributed by atoms with Crippen LogP contribution in [0.3, 0.4) is 0 Å². The van der Waals surface area contributed by atoms with Crippen molar-refractivity contribution in [3.8, 4) is 11.4 Å². The van der Waals surface area contributed by atoms with Gasteiger partial charge in [0.15, 0.2) is 5.16 Å². The smallest absolute Gasteiger partial charge is 0.220 e. The maximum absolute atomic E-state index is 11.5. The van der Waals surface area contributed by atoms with E-state index in [1.165, 1.54) is 11.8 Å². The molecule has 0 spiro atoms. The van der Waals surface area contributed by atoms with Crippen molar-refractivity contribution in [1.29, 1.82) is 0 Å². The van der Waals surface area contributed by atoms with E-state index in [0.717, 1.165) is 27.8 Å². The Morgan fingerprint density at radius 2 is 1.81 bits per heavy atom. The van der Waals surface area contributed by atoms with Crippen molar-refractivity contribution < 1.29 is 9.66 Å². The summed E-state index contributed by atoms with van der Waals surface area (Å²) in [5.74, 6) is 1.50. The third kappa shape index (κ3) is 4.54. The van der Waals surface area contributed by atoms with Crippen LogP contribution in [-0.4, -0.2) is 32.8 Å². The lowest BCUT2D eigenvalue weighted by molar-refractivity contribution is -0.479. The zero-order chi connectivity index (χ0) is 21.8. The minimum Gasteiger partial charge on any atom is -0.494 e. The van der Waals surface area contributed by atoms with Gasteiger partial charge >= 0.3 is 0 Å². The summed E-state index contributed by atoms with van der Waals surface area (Å²) in [6.45, 7) is 4.19. The number of aryl methyl sites for hydroxylation is 1. The first-order valence-electron chi connectivity index (χ1n) is 9.98. The van der Waals surface area contributed by atoms with E-state index in [2.05, 4.69) is 10.2 Å². The highest BCUT2D eigenvalue weighted by molar-refractivity contribution is 7.99. The molecule has 8 heteroatoms. The van der Waals surface area contributed by atoms with Gasteiger partial charge in [0.1, 0.15) is 16.8 Å². The van der Waals surface area contributed by atoms with Crippen molar-refractivity contribution in [2.45, 2.75) is 24.3 Å². The van der Waals surface area contributed by atoms with Crippen molar-refractivity contribution in [3.63, 3.8) is 0 Å². The minimum atomic E-state index is -0.411. The van der Waals surface area contributed by atoms with Crippen LogP contribution in [0.5, 0.6) is 5.75 Å². The zero-order valence-electron chi connectivity index (χ0n) is 17.3. The number of nitro groups is 1. The summed E-state index contributed by atoms with van der Waals surface area (Å²) >= 11 is 1.36. The van der Waals surface area contributed by atoms with E-state index in [-0.39, 0.29) is 11.5 Å². The van der Waals surface area contributed by atoms with Gasteiger partial charge in [0.05, 0.1) is 6.61 Å². The largest absolute Gasteiger partial charge is 0.494 e. The fourth-order valence-electron chi connectivity index (χ4n) is 3.57. The average molecular weight is 435 g/mol. The molecule has 0 aliphatic heterocycles. The number of benzene rings is 3. The molecule has 0 N–H and O–H groups in total. The molecule has 0 radical (unpaired) electrons. The molecule has 1 aromatic heterocycles. The quantitative estimate of drug-likeness (QED) is 0.214. The van der Waals surface area contributed by atoms with E-state index < -0.39 is 5.25 Å². The molecule has 0 amide bonds. The fraction of sp³-hybridized carbons (Fsp3) is 0.217. The van der Waals surface area contributed by atoms with Crippen LogP contribution in [0.1, 0.15) is 23.6 Å². The van der Waals surface area contributed by atoms with E-state index in [1.54, 1.807) is 0 Å². The third-order valence-electron chi connectivity index (χ3n) is 4.93. The Hall–Kier alpha value is -3.39. The molecule has 0 saturated carbocycles. The number of ether oxygens (including phenoxy) is 1. The highest BCUT2D eigenvalue weighted by Gasteiger charge is 2.25. The first-order chi connectivity index (χ1) is 15.1. The fourth-order valence-corrected chi connectivity index (χ4v) is 4.78. The summed E-state index contributed by atoms with van der Waals surface area (Å²) in [6, 6.07) is 21.5. The molecule has 0 saturated heterocycles. The van der Waals surface area contributed by atoms with E-state index >= 15 is 0 Å². The van der Waals surface area contributed by atoms with Crippen LogP contribution >= 0.6 is 11.8 Å². The summed E-state index contributed by atoms with van der Waals surface area (Å²) in [7, 11) is 0. The molecule has 7 nitrogen and oxygen atoms in total. The number of hydrogen-bond donors (Lipinski definition) is 0. The van der Waals surface area contributed by atoms with Gasteiger partial charge in [-0.1, -0.05) is 54.2 Å². The van der Waals surface area contributed by atoms with Crippen LogP contribution in [0, 0.1) is 17.0 Å². The molecular weight excluding hydrogens is 412 g/mol. The van der Waals surface area contributed by atoms with Crippen LogP contribution in [0.4, 0.5) is 0 Å². The maximum Gasteiger partial charge on any atom is 0.220 e. The molecule has 0 aliphatic carbocycles. The predicted octanol–water partition coefficient (Wildman–Crippen LogP) is 5.24. The van der Waals surface area contributed by atoms with Gasteiger partial charge in [-0.2, -0.15) is 0 Å². The van der Waals surface area contributed by atoms with Crippen molar-refractivity contribution in [2.24, 2.45) is 0 Å². The van der Waals surface area contributed by atoms with Crippen LogP contribution in [-0.2, 0) is 0 Å². The molecule has 0 fully saturated rings. The van der Waals surface area contributed by atoms with Crippen molar-refractivity contribution in [3.05, 3.63) is 88.2 Å². The molecule has 158 valence electrons. The maximum atomic E-state index is 11.5. The van der Waals surface area contributed by atoms with Crippen LogP contribution in [0.15, 0.2) is 71.9 Å². The normalized spacial score (nSPS) is 12.1. The van der Waals surface area contributed by atoms with E-state index in [0.29, 0.717) is 17.6 Å². The van der Waals surface area contributed by atoms with Gasteiger partial charge in [0, 0.05) is 10.6 Å². The van der Waals surface area contributed by atoms with Crippen LogP contribution in [0.2, 0.25) is 0 Å². The topological polar surface area (TPSA) is 83.1 Å². The summed E-state index contributed by atoms with van der Waals surface area (Å²) in [5, 5.41) is 22.3. The zero-order valence-corrected chi connectivity index (χ0v) is 18.1. The molecular formula is C23H22N4O3S. The molecule has 0 unspecified atom stereocenters. The first kappa shape index (κ1) is 20.9. The lowest BCUT2D eigenvalue weighted by Gasteiger charge is -2.16. The summed E-state index contributed by atoms with van der Waals surface area (Å²) in [4.78, 5) is 11.2. The van der Waals surface area contributed by atoms with Crippen molar-refractivity contribution in [1.82, 2.24) is 14.8 Å². The first-order valence-corrected chi connectivity index (χ1v) is 10.9. The minimum absolute atomic E-state index is 0.214. The van der Waals surface area contributed by atoms with Crippen LogP contribution < -0.4 is 4.74 Å². The highest BCUT2D eigenvalue weighted by Crippen LogP contribution is 2.39. The summed E-state index contributed by atoms with van der Waals surface area (Å²) < 4.78 is 7.44. The monoisotopic (exact) mass is 434 g/mol. The predicted molar refractivity (Wildman–Crippen MR) is 122 cm³/mol. The lowest BCUT2D eigenvalue weighted by atomic mass is 10.0. The Bertz CT molecular complexity index is 1200. The number of fused-ring (bicyclic) bond motifs is 1. The Kier molecular flexibility index (Phi) is 6.18. The Labute approximate surface area is 184 Å². The van der Waals surface area contributed by atoms with Gasteiger partial charge in [-0.05, 0) is 54.4 Å². The van der Waals surface area contributed by atoms with Gasteiger partial charge in [-0.25, -0.2) is 0 Å². The molecule has 31 heavy (non-hydrogen) atoms. The van der Waals surface area contributed by atoms with Gasteiger partial charge in [0.2, 0.25) is 6.54 Å². The van der Waals surface area contributed by atoms with E-state index in [4.69, 9.17) is 4.74 Å². The molecule has 1 atom stereocenters. The second-order valence-electron chi connectivity index (χ2n) is 6.98. The van der Waals surface area contributed by atoms with Crippen LogP contribution in [0.25, 0.3) is 16.5 Å². The lowest BCUT2D eigenvalue weighted by Crippen LogP contribution is -2.11. The molecule has 1 heterocycles. The van der Waals surface area contributed by atoms with E-state index in [9.17, 15) is 10.1 Å². The average Bonchev–Trinajstić information content (AvgIpc) is 3.13. The standard InChI is InChI=1S/C23H22N4O3S/c1-3-30-19-13-11-18(12-14-19)27-16(2)24-25-23(27)31-22(15-26(28)29)21-10-6-8-17-7-4-5-9-20(17)21/h4-14,22H,3,15H2,1-2H3/t22-/m1/s1. The summed E-state index contributed by atoms with van der Waals surface area (Å²) in [5.41, 5.74) is 1.80. The number of hydrogen-bond acceptors (Lipinski definition) is 6. The van der Waals surface area contributed by atoms with Gasteiger partial charge in [-0.3, -0.25) is 14.7 Å². The van der Waals surface area contributed by atoms with Gasteiger partial charge in [0.25, 0.3) is 0 Å². The molecule has 0 aliphatic rings. The number of rotatable bonds is 8. The Morgan fingerprint density at radius 1 is 1.06 bits per heavy atom. The molecule has 0 bridgehead atoms. The second-order valence-corrected chi connectivity index (χ2v) is 8.15. The SMILES string of the molecule is CCOc1ccc(-n2c(C)nnc2S[C@H](C[N+](=O)[O-])c2cccc3ccccc23)cc1. The third-order valence-corrected chi connectivity index (χ3v) is 6.10. The van der Waals surface area contributed by atoms with Gasteiger partial charge < -0.3 is 4.74 Å². The van der Waals surface area contributed by atoms with Crippen molar-refractivity contribution >= 4 is 22.5 Å².